The largest absolute Gasteiger partial charge is 0.337 e. The lowest BCUT2D eigenvalue weighted by atomic mass is 9.87. The summed E-state index contributed by atoms with van der Waals surface area (Å²) in [5.41, 5.74) is 4.07. The van der Waals surface area contributed by atoms with Crippen LogP contribution in [0.25, 0.3) is 5.57 Å². The topological polar surface area (TPSA) is 18.5 Å². The highest BCUT2D eigenvalue weighted by Crippen LogP contribution is 2.50. The Balaban J connectivity index is 1.90. The molecule has 0 fully saturated rings. The van der Waals surface area contributed by atoms with Crippen LogP contribution in [0, 0.1) is 5.82 Å². The van der Waals surface area contributed by atoms with E-state index in [0.29, 0.717) is 17.7 Å². The Hall–Kier alpha value is -1.97. The van der Waals surface area contributed by atoms with E-state index < -0.39 is 5.79 Å². The van der Waals surface area contributed by atoms with E-state index in [4.69, 9.17) is 9.47 Å². The number of hydrogen-bond donors (Lipinski definition) is 0. The molecular weight excluding hydrogens is 255 g/mol. The molecule has 0 unspecified atom stereocenters. The van der Waals surface area contributed by atoms with E-state index in [9.17, 15) is 4.39 Å². The van der Waals surface area contributed by atoms with Crippen molar-refractivity contribution in [2.75, 3.05) is 0 Å². The van der Waals surface area contributed by atoms with Crippen molar-refractivity contribution in [3.8, 4) is 0 Å². The van der Waals surface area contributed by atoms with E-state index in [-0.39, 0.29) is 12.4 Å². The van der Waals surface area contributed by atoms with Crippen LogP contribution in [0.15, 0.2) is 49.0 Å². The maximum absolute atomic E-state index is 13.9. The van der Waals surface area contributed by atoms with Gasteiger partial charge in [0.2, 0.25) is 5.79 Å². The van der Waals surface area contributed by atoms with Crippen molar-refractivity contribution in [3.05, 3.63) is 77.1 Å². The second kappa shape index (κ2) is 4.01. The lowest BCUT2D eigenvalue weighted by Crippen LogP contribution is -2.34. The van der Waals surface area contributed by atoms with Gasteiger partial charge in [0.1, 0.15) is 5.82 Å². The third-order valence-electron chi connectivity index (χ3n) is 4.06. The van der Waals surface area contributed by atoms with Crippen LogP contribution in [0.2, 0.25) is 0 Å². The van der Waals surface area contributed by atoms with Crippen molar-refractivity contribution in [3.63, 3.8) is 0 Å². The van der Waals surface area contributed by atoms with Crippen LogP contribution in [0.4, 0.5) is 4.39 Å². The van der Waals surface area contributed by atoms with Gasteiger partial charge in [-0.3, -0.25) is 0 Å². The molecule has 0 bridgehead atoms. The Morgan fingerprint density at radius 1 is 1.00 bits per heavy atom. The van der Waals surface area contributed by atoms with Crippen molar-refractivity contribution in [2.45, 2.75) is 19.0 Å². The highest BCUT2D eigenvalue weighted by Gasteiger charge is 2.47. The molecule has 0 N–H and O–H groups in total. The second-order valence-corrected chi connectivity index (χ2v) is 5.10. The van der Waals surface area contributed by atoms with Gasteiger partial charge in [-0.1, -0.05) is 43.0 Å². The molecule has 1 atom stereocenters. The van der Waals surface area contributed by atoms with Gasteiger partial charge >= 0.3 is 0 Å². The number of rotatable bonds is 0. The number of fused-ring (bicyclic) bond motifs is 3. The molecule has 0 aromatic heterocycles. The highest BCUT2D eigenvalue weighted by atomic mass is 19.1. The highest BCUT2D eigenvalue weighted by molar-refractivity contribution is 5.75. The van der Waals surface area contributed by atoms with Crippen LogP contribution in [0.5, 0.6) is 0 Å². The number of hydrogen-bond acceptors (Lipinski definition) is 2. The summed E-state index contributed by atoms with van der Waals surface area (Å²) in [7, 11) is 0. The monoisotopic (exact) mass is 268 g/mol. The summed E-state index contributed by atoms with van der Waals surface area (Å²) >= 11 is 0. The van der Waals surface area contributed by atoms with Crippen molar-refractivity contribution in [2.24, 2.45) is 0 Å². The Morgan fingerprint density at radius 3 is 2.70 bits per heavy atom. The SMILES string of the molecule is C=C1c2cccc(F)c2CO[C@@]12OCc1ccccc12. The van der Waals surface area contributed by atoms with Gasteiger partial charge in [-0.15, -0.1) is 0 Å². The summed E-state index contributed by atoms with van der Waals surface area (Å²) in [5, 5.41) is 0. The van der Waals surface area contributed by atoms with Gasteiger partial charge < -0.3 is 9.47 Å². The number of halogens is 1. The average Bonchev–Trinajstić information content (AvgIpc) is 2.84. The normalized spacial score (nSPS) is 23.8. The zero-order valence-electron chi connectivity index (χ0n) is 10.9. The molecule has 1 spiro atoms. The molecule has 3 heteroatoms. The molecule has 100 valence electrons. The Bertz CT molecular complexity index is 723. The molecule has 2 aliphatic heterocycles. The minimum atomic E-state index is -0.961. The predicted octanol–water partition coefficient (Wildman–Crippen LogP) is 3.75. The maximum atomic E-state index is 13.9. The molecule has 2 nitrogen and oxygen atoms in total. The van der Waals surface area contributed by atoms with E-state index in [1.165, 1.54) is 6.07 Å². The molecule has 2 heterocycles. The van der Waals surface area contributed by atoms with E-state index in [1.807, 2.05) is 30.3 Å². The van der Waals surface area contributed by atoms with Crippen LogP contribution in [0.1, 0.15) is 22.3 Å². The smallest absolute Gasteiger partial charge is 0.223 e. The average molecular weight is 268 g/mol. The number of benzene rings is 2. The molecular formula is C17H13FO2. The van der Waals surface area contributed by atoms with Gasteiger partial charge in [0.05, 0.1) is 13.2 Å². The molecule has 0 saturated heterocycles. The lowest BCUT2D eigenvalue weighted by molar-refractivity contribution is -0.207. The van der Waals surface area contributed by atoms with Crippen LogP contribution in [0.3, 0.4) is 0 Å². The minimum absolute atomic E-state index is 0.190. The fourth-order valence-corrected chi connectivity index (χ4v) is 3.02. The first kappa shape index (κ1) is 11.8. The maximum Gasteiger partial charge on any atom is 0.223 e. The first-order chi connectivity index (χ1) is 9.72. The Kier molecular flexibility index (Phi) is 2.37. The van der Waals surface area contributed by atoms with Crippen molar-refractivity contribution < 1.29 is 13.9 Å². The van der Waals surface area contributed by atoms with Gasteiger partial charge in [0, 0.05) is 16.7 Å². The fraction of sp³-hybridized carbons (Fsp3) is 0.176. The van der Waals surface area contributed by atoms with E-state index >= 15 is 0 Å². The summed E-state index contributed by atoms with van der Waals surface area (Å²) in [6, 6.07) is 12.9. The zero-order valence-corrected chi connectivity index (χ0v) is 10.9. The molecule has 0 aliphatic carbocycles. The molecule has 20 heavy (non-hydrogen) atoms. The third-order valence-corrected chi connectivity index (χ3v) is 4.06. The van der Waals surface area contributed by atoms with Crippen molar-refractivity contribution >= 4 is 5.57 Å². The van der Waals surface area contributed by atoms with Gasteiger partial charge in [0.25, 0.3) is 0 Å². The van der Waals surface area contributed by atoms with Crippen LogP contribution >= 0.6 is 0 Å². The Labute approximate surface area is 116 Å². The van der Waals surface area contributed by atoms with Crippen LogP contribution in [-0.2, 0) is 28.5 Å². The predicted molar refractivity (Wildman–Crippen MR) is 73.1 cm³/mol. The standard InChI is InChI=1S/C17H13FO2/c1-11-13-6-4-8-16(18)14(13)10-20-17(11)15-7-3-2-5-12(15)9-19-17/h2-8H,1,9-10H2/t17-/m0/s1. The van der Waals surface area contributed by atoms with E-state index in [0.717, 1.165) is 16.7 Å². The van der Waals surface area contributed by atoms with E-state index in [2.05, 4.69) is 6.58 Å². The third kappa shape index (κ3) is 1.39. The molecule has 0 amide bonds. The fourth-order valence-electron chi connectivity index (χ4n) is 3.02. The first-order valence-electron chi connectivity index (χ1n) is 6.56. The molecule has 0 radical (unpaired) electrons. The summed E-state index contributed by atoms with van der Waals surface area (Å²) < 4.78 is 25.7. The van der Waals surface area contributed by atoms with Gasteiger partial charge in [0.15, 0.2) is 0 Å². The summed E-state index contributed by atoms with van der Waals surface area (Å²) in [5.74, 6) is -1.22. The van der Waals surface area contributed by atoms with Crippen molar-refractivity contribution in [1.29, 1.82) is 0 Å². The van der Waals surface area contributed by atoms with Gasteiger partial charge in [-0.05, 0) is 17.2 Å². The zero-order chi connectivity index (χ0) is 13.7. The first-order valence-corrected chi connectivity index (χ1v) is 6.56. The van der Waals surface area contributed by atoms with Gasteiger partial charge in [-0.25, -0.2) is 4.39 Å². The Morgan fingerprint density at radius 2 is 1.80 bits per heavy atom. The van der Waals surface area contributed by atoms with Gasteiger partial charge in [-0.2, -0.15) is 0 Å². The number of ether oxygens (including phenoxy) is 2. The minimum Gasteiger partial charge on any atom is -0.337 e. The van der Waals surface area contributed by atoms with Crippen molar-refractivity contribution in [1.82, 2.24) is 0 Å². The summed E-state index contributed by atoms with van der Waals surface area (Å²) in [6.45, 7) is 4.79. The molecule has 2 aliphatic rings. The van der Waals surface area contributed by atoms with Crippen LogP contribution < -0.4 is 0 Å². The molecule has 2 aromatic rings. The quantitative estimate of drug-likeness (QED) is 0.724. The second-order valence-electron chi connectivity index (χ2n) is 5.10. The molecule has 4 rings (SSSR count). The van der Waals surface area contributed by atoms with Crippen LogP contribution in [-0.4, -0.2) is 0 Å². The molecule has 0 saturated carbocycles. The summed E-state index contributed by atoms with van der Waals surface area (Å²) in [6.07, 6.45) is 0. The van der Waals surface area contributed by atoms with E-state index in [1.54, 1.807) is 6.07 Å². The molecule has 2 aromatic carbocycles. The lowest BCUT2D eigenvalue weighted by Gasteiger charge is -2.36. The summed E-state index contributed by atoms with van der Waals surface area (Å²) in [4.78, 5) is 0.